The number of carbonyl (C=O) groups excluding carboxylic acids is 2. The van der Waals surface area contributed by atoms with Crippen LogP contribution in [0.25, 0.3) is 11.1 Å². The topological polar surface area (TPSA) is 78.9 Å². The molecule has 0 bridgehead atoms. The van der Waals surface area contributed by atoms with E-state index in [0.717, 1.165) is 16.7 Å². The number of phenolic OH excluding ortho intramolecular Hbond substituents is 1. The minimum atomic E-state index is -0.482. The van der Waals surface area contributed by atoms with Gasteiger partial charge < -0.3 is 15.2 Å². The van der Waals surface area contributed by atoms with E-state index in [-0.39, 0.29) is 29.7 Å². The zero-order valence-electron chi connectivity index (χ0n) is 18.1. The molecule has 0 saturated carbocycles. The van der Waals surface area contributed by atoms with Crippen molar-refractivity contribution in [2.45, 2.75) is 6.04 Å². The number of benzene rings is 4. The van der Waals surface area contributed by atoms with Gasteiger partial charge in [-0.25, -0.2) is 0 Å². The van der Waals surface area contributed by atoms with Crippen molar-refractivity contribution in [3.8, 4) is 22.6 Å². The highest BCUT2D eigenvalue weighted by Crippen LogP contribution is 2.46. The Kier molecular flexibility index (Phi) is 4.59. The molecule has 2 heterocycles. The summed E-state index contributed by atoms with van der Waals surface area (Å²) in [5.41, 5.74) is 5.09. The van der Waals surface area contributed by atoms with Gasteiger partial charge in [-0.3, -0.25) is 14.5 Å². The maximum Gasteiger partial charge on any atom is 0.263 e. The average molecular weight is 448 g/mol. The van der Waals surface area contributed by atoms with Crippen molar-refractivity contribution in [1.29, 1.82) is 0 Å². The van der Waals surface area contributed by atoms with E-state index < -0.39 is 6.04 Å². The molecular weight excluding hydrogens is 428 g/mol. The van der Waals surface area contributed by atoms with Gasteiger partial charge in [0.05, 0.1) is 17.3 Å². The first-order chi connectivity index (χ1) is 16.6. The van der Waals surface area contributed by atoms with Crippen LogP contribution in [0.1, 0.15) is 27.5 Å². The van der Waals surface area contributed by atoms with Gasteiger partial charge >= 0.3 is 0 Å². The molecule has 166 valence electrons. The molecule has 4 aromatic rings. The molecule has 0 saturated heterocycles. The molecule has 0 aliphatic carbocycles. The monoisotopic (exact) mass is 448 g/mol. The van der Waals surface area contributed by atoms with E-state index in [2.05, 4.69) is 5.32 Å². The van der Waals surface area contributed by atoms with Gasteiger partial charge in [-0.15, -0.1) is 0 Å². The van der Waals surface area contributed by atoms with Crippen molar-refractivity contribution in [2.75, 3.05) is 16.8 Å². The third-order valence-corrected chi connectivity index (χ3v) is 6.24. The highest BCUT2D eigenvalue weighted by Gasteiger charge is 2.41. The summed E-state index contributed by atoms with van der Waals surface area (Å²) in [4.78, 5) is 27.2. The van der Waals surface area contributed by atoms with Gasteiger partial charge in [0.15, 0.2) is 6.61 Å². The number of aromatic hydroxyl groups is 1. The molecule has 2 aliphatic rings. The number of rotatable bonds is 3. The molecule has 6 heteroatoms. The normalized spacial score (nSPS) is 16.5. The summed E-state index contributed by atoms with van der Waals surface area (Å²) in [5.74, 6) is 0.0316. The largest absolute Gasteiger partial charge is 0.507 e. The van der Waals surface area contributed by atoms with Gasteiger partial charge in [0, 0.05) is 5.69 Å². The van der Waals surface area contributed by atoms with Crippen molar-refractivity contribution in [1.82, 2.24) is 0 Å². The molecule has 1 unspecified atom stereocenters. The number of nitrogens with zero attached hydrogens (tertiary/aromatic N) is 1. The van der Waals surface area contributed by atoms with Gasteiger partial charge in [-0.05, 0) is 52.6 Å². The molecule has 0 fully saturated rings. The Morgan fingerprint density at radius 3 is 2.50 bits per heavy atom. The first-order valence-corrected chi connectivity index (χ1v) is 11.0. The van der Waals surface area contributed by atoms with E-state index in [1.807, 2.05) is 72.8 Å². The number of anilines is 2. The van der Waals surface area contributed by atoms with Crippen molar-refractivity contribution in [2.24, 2.45) is 0 Å². The fraction of sp³-hybridized carbons (Fsp3) is 0.0714. The van der Waals surface area contributed by atoms with Gasteiger partial charge in [0.25, 0.3) is 11.8 Å². The summed E-state index contributed by atoms with van der Waals surface area (Å²) in [5, 5.41) is 13.4. The van der Waals surface area contributed by atoms with E-state index in [9.17, 15) is 14.7 Å². The van der Waals surface area contributed by atoms with Crippen LogP contribution in [-0.2, 0) is 4.79 Å². The molecule has 2 N–H and O–H groups in total. The summed E-state index contributed by atoms with van der Waals surface area (Å²) in [6.45, 7) is -0.0244. The van der Waals surface area contributed by atoms with Crippen LogP contribution in [0.5, 0.6) is 11.5 Å². The number of carbonyl (C=O) groups is 2. The third kappa shape index (κ3) is 3.19. The minimum absolute atomic E-state index is 0.0244. The predicted molar refractivity (Wildman–Crippen MR) is 129 cm³/mol. The number of phenols is 1. The van der Waals surface area contributed by atoms with Crippen LogP contribution < -0.4 is 15.0 Å². The summed E-state index contributed by atoms with van der Waals surface area (Å²) in [6, 6.07) is 27.9. The van der Waals surface area contributed by atoms with E-state index in [0.29, 0.717) is 22.7 Å². The molecular formula is C28H20N2O4. The number of fused-ring (bicyclic) bond motifs is 2. The standard InChI is InChI=1S/C28H20N2O4/c31-23-11-5-10-21-26(23)28(33)30(20-9-4-8-18(14-20)17-6-2-1-3-7-17)27(21)19-12-13-24-22(15-19)29-25(32)16-34-24/h1-15,27,31H,16H2,(H,29,32). The Bertz CT molecular complexity index is 1450. The van der Waals surface area contributed by atoms with Gasteiger partial charge in [-0.2, -0.15) is 0 Å². The lowest BCUT2D eigenvalue weighted by atomic mass is 9.96. The van der Waals surface area contributed by atoms with Gasteiger partial charge in [-0.1, -0.05) is 60.7 Å². The number of hydrogen-bond acceptors (Lipinski definition) is 4. The van der Waals surface area contributed by atoms with E-state index in [1.165, 1.54) is 6.07 Å². The number of nitrogens with one attached hydrogen (secondary N) is 1. The molecule has 1 atom stereocenters. The molecule has 0 radical (unpaired) electrons. The van der Waals surface area contributed by atoms with Crippen LogP contribution in [0, 0.1) is 0 Å². The van der Waals surface area contributed by atoms with Crippen molar-refractivity contribution < 1.29 is 19.4 Å². The maximum atomic E-state index is 13.7. The number of amides is 2. The number of ether oxygens (including phenoxy) is 1. The predicted octanol–water partition coefficient (Wildman–Crippen LogP) is 5.14. The van der Waals surface area contributed by atoms with Crippen LogP contribution in [0.4, 0.5) is 11.4 Å². The Hall–Kier alpha value is -4.58. The van der Waals surface area contributed by atoms with E-state index in [4.69, 9.17) is 4.74 Å². The zero-order valence-corrected chi connectivity index (χ0v) is 18.1. The first kappa shape index (κ1) is 20.1. The molecule has 2 aliphatic heterocycles. The molecule has 6 nitrogen and oxygen atoms in total. The van der Waals surface area contributed by atoms with Gasteiger partial charge in [0.2, 0.25) is 0 Å². The summed E-state index contributed by atoms with van der Waals surface area (Å²) in [7, 11) is 0. The van der Waals surface area contributed by atoms with Crippen LogP contribution in [-0.4, -0.2) is 23.5 Å². The van der Waals surface area contributed by atoms with Crippen LogP contribution in [0.3, 0.4) is 0 Å². The Morgan fingerprint density at radius 1 is 0.853 bits per heavy atom. The molecule has 4 aromatic carbocycles. The van der Waals surface area contributed by atoms with Crippen molar-refractivity contribution >= 4 is 23.2 Å². The van der Waals surface area contributed by atoms with E-state index >= 15 is 0 Å². The van der Waals surface area contributed by atoms with Crippen molar-refractivity contribution in [3.63, 3.8) is 0 Å². The summed E-state index contributed by atoms with van der Waals surface area (Å²) in [6.07, 6.45) is 0. The molecule has 0 spiro atoms. The van der Waals surface area contributed by atoms with Crippen LogP contribution in [0.2, 0.25) is 0 Å². The van der Waals surface area contributed by atoms with Crippen LogP contribution in [0.15, 0.2) is 91.0 Å². The summed E-state index contributed by atoms with van der Waals surface area (Å²) < 4.78 is 5.51. The highest BCUT2D eigenvalue weighted by atomic mass is 16.5. The quantitative estimate of drug-likeness (QED) is 0.455. The maximum absolute atomic E-state index is 13.7. The second-order valence-corrected chi connectivity index (χ2v) is 8.33. The van der Waals surface area contributed by atoms with E-state index in [1.54, 1.807) is 17.0 Å². The lowest BCUT2D eigenvalue weighted by Crippen LogP contribution is -2.29. The molecule has 34 heavy (non-hydrogen) atoms. The average Bonchev–Trinajstić information content (AvgIpc) is 3.17. The molecule has 6 rings (SSSR count). The van der Waals surface area contributed by atoms with Crippen molar-refractivity contribution in [3.05, 3.63) is 108 Å². The Morgan fingerprint density at radius 2 is 1.65 bits per heavy atom. The minimum Gasteiger partial charge on any atom is -0.507 e. The second kappa shape index (κ2) is 7.78. The number of hydrogen-bond donors (Lipinski definition) is 2. The smallest absolute Gasteiger partial charge is 0.263 e. The lowest BCUT2D eigenvalue weighted by molar-refractivity contribution is -0.118. The van der Waals surface area contributed by atoms with Gasteiger partial charge in [0.1, 0.15) is 11.5 Å². The Labute approximate surface area is 196 Å². The SMILES string of the molecule is O=C1COc2ccc(C3c4cccc(O)c4C(=O)N3c3cccc(-c4ccccc4)c3)cc2N1. The fourth-order valence-electron chi connectivity index (χ4n) is 4.73. The zero-order chi connectivity index (χ0) is 23.2. The summed E-state index contributed by atoms with van der Waals surface area (Å²) >= 11 is 0. The fourth-order valence-corrected chi connectivity index (χ4v) is 4.73. The Balaban J connectivity index is 1.51. The second-order valence-electron chi connectivity index (χ2n) is 8.33. The lowest BCUT2D eigenvalue weighted by Gasteiger charge is -2.28. The molecule has 2 amide bonds. The first-order valence-electron chi connectivity index (χ1n) is 11.0. The molecule has 0 aromatic heterocycles. The third-order valence-electron chi connectivity index (χ3n) is 6.24. The highest BCUT2D eigenvalue weighted by molar-refractivity contribution is 6.13. The van der Waals surface area contributed by atoms with Crippen LogP contribution >= 0.6 is 0 Å².